The summed E-state index contributed by atoms with van der Waals surface area (Å²) in [6.45, 7) is 7.40. The number of rotatable bonds is 11. The number of likely N-dealkylation sites (tertiary alicyclic amines) is 1. The summed E-state index contributed by atoms with van der Waals surface area (Å²) in [6.07, 6.45) is 9.10. The van der Waals surface area contributed by atoms with Crippen LogP contribution >= 0.6 is 0 Å². The van der Waals surface area contributed by atoms with Crippen molar-refractivity contribution in [3.05, 3.63) is 146 Å². The number of nitrogens with two attached hydrogens (primary N) is 2. The van der Waals surface area contributed by atoms with Gasteiger partial charge in [-0.3, -0.25) is 4.79 Å². The molecule has 2 aliphatic heterocycles. The Bertz CT molecular complexity index is 3180. The Hall–Kier alpha value is -7.96. The number of carbonyl (C=O) groups is 1. The molecule has 4 N–H and O–H groups in total. The van der Waals surface area contributed by atoms with Gasteiger partial charge >= 0.3 is 0 Å². The lowest BCUT2D eigenvalue weighted by Crippen LogP contribution is -2.38. The monoisotopic (exact) mass is 930 g/mol. The van der Waals surface area contributed by atoms with Crippen LogP contribution in [0.2, 0.25) is 0 Å². The second-order valence-corrected chi connectivity index (χ2v) is 18.2. The van der Waals surface area contributed by atoms with Gasteiger partial charge in [-0.05, 0) is 111 Å². The molecule has 0 spiro atoms. The van der Waals surface area contributed by atoms with E-state index in [0.717, 1.165) is 57.7 Å². The Morgan fingerprint density at radius 2 is 1.03 bits per heavy atom. The standard InChI is InChI=1S/C26H26N6O2.C24H24N6O3S/c1-2-6-22(33)31-15-13-19(14-16-31)32-26-23(25(27)28-17-29-26)24(30-32)18-9-11-21(12-10-18)34-20-7-4-3-5-8-20;1-2-34(31,32)29-14-12-18(13-15-29)30-24-21(23(25)26-16-27-24)22(28-30)17-8-10-20(11-9-17)33-19-6-4-3-5-7-19/h2-12,17,19H,13-16H2,1H3,(H2,27,28,29);2-11,16,18H,1,12-15H2,(H2,25,26,27)/b6-2+;. The van der Waals surface area contributed by atoms with Gasteiger partial charge in [-0.2, -0.15) is 14.5 Å². The smallest absolute Gasteiger partial charge is 0.246 e. The normalized spacial score (nSPS) is 15.0. The number of aromatic nitrogens is 8. The first kappa shape index (κ1) is 45.2. The number of piperidine rings is 2. The summed E-state index contributed by atoms with van der Waals surface area (Å²) >= 11 is 0. The van der Waals surface area contributed by atoms with Gasteiger partial charge in [-0.25, -0.2) is 37.7 Å². The lowest BCUT2D eigenvalue weighted by molar-refractivity contribution is -0.127. The zero-order valence-electron chi connectivity index (χ0n) is 37.4. The molecular weight excluding hydrogens is 881 g/mol. The molecule has 17 nitrogen and oxygen atoms in total. The minimum absolute atomic E-state index is 0.0116. The number of benzene rings is 4. The number of sulfonamides is 1. The second-order valence-electron chi connectivity index (χ2n) is 16.3. The Morgan fingerprint density at radius 1 is 0.618 bits per heavy atom. The van der Waals surface area contributed by atoms with Crippen molar-refractivity contribution in [1.29, 1.82) is 0 Å². The van der Waals surface area contributed by atoms with Gasteiger partial charge in [-0.15, -0.1) is 0 Å². The van der Waals surface area contributed by atoms with Crippen LogP contribution in [0, 0.1) is 0 Å². The van der Waals surface area contributed by atoms with E-state index < -0.39 is 10.0 Å². The average Bonchev–Trinajstić information content (AvgIpc) is 3.97. The molecule has 2 saturated heterocycles. The molecule has 6 heterocycles. The molecular formula is C50H50N12O5S. The largest absolute Gasteiger partial charge is 0.457 e. The Labute approximate surface area is 393 Å². The number of anilines is 2. The first-order valence-electron chi connectivity index (χ1n) is 22.3. The molecule has 0 atom stereocenters. The molecule has 0 radical (unpaired) electrons. The van der Waals surface area contributed by atoms with Crippen molar-refractivity contribution in [2.24, 2.45) is 0 Å². The number of nitrogen functional groups attached to an aromatic ring is 2. The molecule has 2 fully saturated rings. The van der Waals surface area contributed by atoms with Crippen LogP contribution in [0.1, 0.15) is 44.7 Å². The second kappa shape index (κ2) is 19.9. The number of nitrogens with zero attached hydrogens (tertiary/aromatic N) is 10. The molecule has 346 valence electrons. The number of ether oxygens (including phenoxy) is 2. The number of carbonyl (C=O) groups excluding carboxylic acids is 1. The molecule has 68 heavy (non-hydrogen) atoms. The van der Waals surface area contributed by atoms with Crippen LogP contribution in [0.5, 0.6) is 23.0 Å². The van der Waals surface area contributed by atoms with Crippen LogP contribution < -0.4 is 20.9 Å². The van der Waals surface area contributed by atoms with Gasteiger partial charge in [0.05, 0.1) is 22.9 Å². The predicted octanol–water partition coefficient (Wildman–Crippen LogP) is 8.59. The van der Waals surface area contributed by atoms with E-state index in [9.17, 15) is 13.2 Å². The molecule has 10 rings (SSSR count). The van der Waals surface area contributed by atoms with Crippen LogP contribution in [0.4, 0.5) is 11.6 Å². The molecule has 0 bridgehead atoms. The Balaban J connectivity index is 0.000000170. The van der Waals surface area contributed by atoms with Gasteiger partial charge in [-0.1, -0.05) is 49.1 Å². The SMILES string of the molecule is C/C=C/C(=O)N1CCC(n2nc(-c3ccc(Oc4ccccc4)cc3)c3c(N)ncnc32)CC1.C=CS(=O)(=O)N1CCC(n2nc(-c3ccc(Oc4ccccc4)cc3)c3c(N)ncnc32)CC1. The highest BCUT2D eigenvalue weighted by molar-refractivity contribution is 7.92. The predicted molar refractivity (Wildman–Crippen MR) is 262 cm³/mol. The van der Waals surface area contributed by atoms with Gasteiger partial charge in [0.1, 0.15) is 58.7 Å². The summed E-state index contributed by atoms with van der Waals surface area (Å²) in [5.74, 6) is 3.78. The maximum atomic E-state index is 12.2. The molecule has 18 heteroatoms. The zero-order valence-corrected chi connectivity index (χ0v) is 38.2. The van der Waals surface area contributed by atoms with Gasteiger partial charge < -0.3 is 25.8 Å². The van der Waals surface area contributed by atoms with Gasteiger partial charge in [0, 0.05) is 42.7 Å². The van der Waals surface area contributed by atoms with Gasteiger partial charge in [0.2, 0.25) is 15.9 Å². The van der Waals surface area contributed by atoms with E-state index in [1.54, 1.807) is 12.2 Å². The first-order chi connectivity index (χ1) is 33.1. The van der Waals surface area contributed by atoms with E-state index in [0.29, 0.717) is 78.8 Å². The highest BCUT2D eigenvalue weighted by Crippen LogP contribution is 2.37. The third-order valence-electron chi connectivity index (χ3n) is 12.0. The average molecular weight is 931 g/mol. The van der Waals surface area contributed by atoms with Gasteiger partial charge in [0.25, 0.3) is 0 Å². The maximum absolute atomic E-state index is 12.2. The van der Waals surface area contributed by atoms with Gasteiger partial charge in [0.15, 0.2) is 11.3 Å². The van der Waals surface area contributed by atoms with Crippen LogP contribution in [0.25, 0.3) is 44.6 Å². The van der Waals surface area contributed by atoms with Crippen molar-refractivity contribution in [2.75, 3.05) is 37.6 Å². The summed E-state index contributed by atoms with van der Waals surface area (Å²) < 4.78 is 41.3. The maximum Gasteiger partial charge on any atom is 0.246 e. The van der Waals surface area contributed by atoms with Crippen molar-refractivity contribution in [1.82, 2.24) is 48.7 Å². The van der Waals surface area contributed by atoms with Crippen molar-refractivity contribution in [2.45, 2.75) is 44.7 Å². The lowest BCUT2D eigenvalue weighted by Gasteiger charge is -2.31. The van der Waals surface area contributed by atoms with Crippen LogP contribution in [-0.2, 0) is 14.8 Å². The molecule has 0 unspecified atom stereocenters. The van der Waals surface area contributed by atoms with Crippen molar-refractivity contribution in [3.63, 3.8) is 0 Å². The van der Waals surface area contributed by atoms with E-state index in [4.69, 9.17) is 31.1 Å². The first-order valence-corrected chi connectivity index (χ1v) is 23.8. The molecule has 8 aromatic rings. The topological polar surface area (TPSA) is 215 Å². The van der Waals surface area contributed by atoms with Crippen molar-refractivity contribution < 1.29 is 22.7 Å². The molecule has 0 aliphatic carbocycles. The molecule has 4 aromatic carbocycles. The summed E-state index contributed by atoms with van der Waals surface area (Å²) in [5, 5.41) is 12.2. The van der Waals surface area contributed by atoms with E-state index in [1.807, 2.05) is 130 Å². The highest BCUT2D eigenvalue weighted by atomic mass is 32.2. The van der Waals surface area contributed by atoms with E-state index >= 15 is 0 Å². The highest BCUT2D eigenvalue weighted by Gasteiger charge is 2.31. The third kappa shape index (κ3) is 9.63. The summed E-state index contributed by atoms with van der Waals surface area (Å²) in [7, 11) is -3.43. The summed E-state index contributed by atoms with van der Waals surface area (Å²) in [6, 6.07) is 34.7. The Kier molecular flexibility index (Phi) is 13.2. The molecule has 1 amide bonds. The fourth-order valence-electron chi connectivity index (χ4n) is 8.54. The third-order valence-corrected chi connectivity index (χ3v) is 13.5. The van der Waals surface area contributed by atoms with Crippen LogP contribution in [0.15, 0.2) is 146 Å². The number of para-hydroxylation sites is 2. The molecule has 4 aromatic heterocycles. The van der Waals surface area contributed by atoms with Crippen molar-refractivity contribution in [3.8, 4) is 45.5 Å². The van der Waals surface area contributed by atoms with Crippen LogP contribution in [0.3, 0.4) is 0 Å². The summed E-state index contributed by atoms with van der Waals surface area (Å²) in [4.78, 5) is 31.4. The number of fused-ring (bicyclic) bond motifs is 2. The van der Waals surface area contributed by atoms with Crippen LogP contribution in [-0.4, -0.2) is 89.2 Å². The van der Waals surface area contributed by atoms with E-state index in [1.165, 1.54) is 17.0 Å². The fourth-order valence-corrected chi connectivity index (χ4v) is 9.47. The van der Waals surface area contributed by atoms with Crippen molar-refractivity contribution >= 4 is 49.6 Å². The number of hydrogen-bond donors (Lipinski definition) is 2. The number of amides is 1. The molecule has 0 saturated carbocycles. The fraction of sp³-hybridized carbons (Fsp3) is 0.220. The minimum Gasteiger partial charge on any atom is -0.457 e. The quantitative estimate of drug-likeness (QED) is 0.116. The van der Waals surface area contributed by atoms with E-state index in [2.05, 4.69) is 26.5 Å². The minimum atomic E-state index is -3.43. The number of hydrogen-bond acceptors (Lipinski definition) is 13. The van der Waals surface area contributed by atoms with E-state index in [-0.39, 0.29) is 18.0 Å². The molecule has 2 aliphatic rings. The zero-order chi connectivity index (χ0) is 47.2. The Morgan fingerprint density at radius 3 is 1.44 bits per heavy atom. The summed E-state index contributed by atoms with van der Waals surface area (Å²) in [5.41, 5.74) is 17.1. The number of allylic oxidation sites excluding steroid dienone is 1. The lowest BCUT2D eigenvalue weighted by atomic mass is 10.1.